The molecule has 4 rings (SSSR count). The van der Waals surface area contributed by atoms with E-state index in [1.54, 1.807) is 0 Å². The maximum absolute atomic E-state index is 11.9. The molecule has 4 aliphatic rings. The van der Waals surface area contributed by atoms with Crippen molar-refractivity contribution in [3.8, 4) is 0 Å². The van der Waals surface area contributed by atoms with Crippen LogP contribution >= 0.6 is 0 Å². The van der Waals surface area contributed by atoms with Crippen molar-refractivity contribution in [2.75, 3.05) is 0 Å². The third kappa shape index (κ3) is 2.07. The Kier molecular flexibility index (Phi) is 3.45. The summed E-state index contributed by atoms with van der Waals surface area (Å²) in [6, 6.07) is 0. The summed E-state index contributed by atoms with van der Waals surface area (Å²) in [7, 11) is 0. The summed E-state index contributed by atoms with van der Waals surface area (Å²) < 4.78 is 0. The zero-order valence-corrected chi connectivity index (χ0v) is 15.2. The standard InChI is InChI=1S/C22H32O/c1-14(2)18-7-8-19-17-6-5-15-13-16(23)9-11-21(15,3)20(17)10-12-22(18,19)4/h5,17-20H,1,6-13H2,2-4H3. The maximum atomic E-state index is 11.9. The Hall–Kier alpha value is -0.850. The Balaban J connectivity index is 1.67. The zero-order valence-electron chi connectivity index (χ0n) is 15.2. The summed E-state index contributed by atoms with van der Waals surface area (Å²) in [6.45, 7) is 11.6. The average molecular weight is 312 g/mol. The molecule has 0 aromatic rings. The van der Waals surface area contributed by atoms with Gasteiger partial charge in [0, 0.05) is 12.8 Å². The highest BCUT2D eigenvalue weighted by Crippen LogP contribution is 2.66. The van der Waals surface area contributed by atoms with Crippen LogP contribution in [0.4, 0.5) is 0 Å². The fourth-order valence-electron chi connectivity index (χ4n) is 7.29. The lowest BCUT2D eigenvalue weighted by atomic mass is 9.47. The van der Waals surface area contributed by atoms with E-state index in [1.165, 1.54) is 43.3 Å². The predicted molar refractivity (Wildman–Crippen MR) is 95.0 cm³/mol. The van der Waals surface area contributed by atoms with E-state index >= 15 is 0 Å². The van der Waals surface area contributed by atoms with E-state index in [4.69, 9.17) is 0 Å². The molecule has 0 amide bonds. The number of fused-ring (bicyclic) bond motifs is 5. The fraction of sp³-hybridized carbons (Fsp3) is 0.773. The van der Waals surface area contributed by atoms with Crippen molar-refractivity contribution in [3.05, 3.63) is 23.8 Å². The number of rotatable bonds is 1. The largest absolute Gasteiger partial charge is 0.299 e. The lowest BCUT2D eigenvalue weighted by Crippen LogP contribution is -2.50. The minimum atomic E-state index is 0.319. The van der Waals surface area contributed by atoms with Gasteiger partial charge in [-0.05, 0) is 80.0 Å². The fourth-order valence-corrected chi connectivity index (χ4v) is 7.29. The van der Waals surface area contributed by atoms with E-state index < -0.39 is 0 Å². The monoisotopic (exact) mass is 312 g/mol. The Morgan fingerprint density at radius 2 is 1.96 bits per heavy atom. The number of hydrogen-bond acceptors (Lipinski definition) is 1. The van der Waals surface area contributed by atoms with Gasteiger partial charge in [-0.15, -0.1) is 0 Å². The van der Waals surface area contributed by atoms with Gasteiger partial charge in [0.05, 0.1) is 0 Å². The molecule has 4 aliphatic carbocycles. The topological polar surface area (TPSA) is 17.1 Å². The van der Waals surface area contributed by atoms with Crippen LogP contribution in [0.15, 0.2) is 23.8 Å². The number of carbonyl (C=O) groups is 1. The molecule has 3 fully saturated rings. The molecule has 0 saturated heterocycles. The molecule has 126 valence electrons. The van der Waals surface area contributed by atoms with Crippen molar-refractivity contribution in [2.45, 2.75) is 72.1 Å². The minimum Gasteiger partial charge on any atom is -0.299 e. The van der Waals surface area contributed by atoms with Crippen molar-refractivity contribution >= 4 is 5.78 Å². The Labute approximate surface area is 141 Å². The van der Waals surface area contributed by atoms with Crippen molar-refractivity contribution in [1.82, 2.24) is 0 Å². The van der Waals surface area contributed by atoms with Crippen LogP contribution in [0.5, 0.6) is 0 Å². The summed E-state index contributed by atoms with van der Waals surface area (Å²) in [6.07, 6.45) is 11.9. The van der Waals surface area contributed by atoms with Crippen LogP contribution in [0, 0.1) is 34.5 Å². The molecule has 0 spiro atoms. The third-order valence-electron chi connectivity index (χ3n) is 8.53. The molecule has 0 aliphatic heterocycles. The van der Waals surface area contributed by atoms with Crippen LogP contribution < -0.4 is 0 Å². The van der Waals surface area contributed by atoms with E-state index in [0.717, 1.165) is 42.9 Å². The van der Waals surface area contributed by atoms with Gasteiger partial charge in [-0.1, -0.05) is 37.6 Å². The molecule has 1 heteroatoms. The van der Waals surface area contributed by atoms with Gasteiger partial charge in [-0.25, -0.2) is 0 Å². The van der Waals surface area contributed by atoms with Crippen LogP contribution in [-0.4, -0.2) is 5.78 Å². The summed E-state index contributed by atoms with van der Waals surface area (Å²) in [5, 5.41) is 0. The Morgan fingerprint density at radius 1 is 1.17 bits per heavy atom. The van der Waals surface area contributed by atoms with Crippen LogP contribution in [0.2, 0.25) is 0 Å². The molecule has 6 unspecified atom stereocenters. The van der Waals surface area contributed by atoms with Crippen molar-refractivity contribution in [3.63, 3.8) is 0 Å². The second-order valence-electron chi connectivity index (χ2n) is 9.50. The number of carbonyl (C=O) groups excluding carboxylic acids is 1. The van der Waals surface area contributed by atoms with Crippen molar-refractivity contribution in [2.24, 2.45) is 34.5 Å². The number of allylic oxidation sites excluding steroid dienone is 3. The smallest absolute Gasteiger partial charge is 0.136 e. The van der Waals surface area contributed by atoms with Gasteiger partial charge in [0.1, 0.15) is 5.78 Å². The highest BCUT2D eigenvalue weighted by molar-refractivity contribution is 5.82. The third-order valence-corrected chi connectivity index (χ3v) is 8.53. The molecule has 0 aromatic carbocycles. The van der Waals surface area contributed by atoms with E-state index in [9.17, 15) is 4.79 Å². The van der Waals surface area contributed by atoms with Crippen molar-refractivity contribution < 1.29 is 4.79 Å². The van der Waals surface area contributed by atoms with E-state index in [1.807, 2.05) is 0 Å². The van der Waals surface area contributed by atoms with E-state index in [2.05, 4.69) is 33.4 Å². The summed E-state index contributed by atoms with van der Waals surface area (Å²) in [5.74, 6) is 3.74. The first-order valence-electron chi connectivity index (χ1n) is 9.73. The Bertz CT molecular complexity index is 585. The first-order chi connectivity index (χ1) is 10.9. The zero-order chi connectivity index (χ0) is 16.4. The molecule has 3 saturated carbocycles. The van der Waals surface area contributed by atoms with Crippen LogP contribution in [0.1, 0.15) is 72.1 Å². The highest BCUT2D eigenvalue weighted by Gasteiger charge is 2.58. The van der Waals surface area contributed by atoms with Gasteiger partial charge in [0.2, 0.25) is 0 Å². The lowest BCUT2D eigenvalue weighted by Gasteiger charge is -2.57. The Morgan fingerprint density at radius 3 is 2.70 bits per heavy atom. The van der Waals surface area contributed by atoms with Gasteiger partial charge < -0.3 is 0 Å². The number of ketones is 1. The van der Waals surface area contributed by atoms with Gasteiger partial charge in [0.15, 0.2) is 0 Å². The second kappa shape index (κ2) is 5.07. The molecule has 23 heavy (non-hydrogen) atoms. The number of Topliss-reactive ketones (excluding diaryl/α,β-unsaturated/α-hetero) is 1. The maximum Gasteiger partial charge on any atom is 0.136 e. The quantitative estimate of drug-likeness (QED) is 0.567. The van der Waals surface area contributed by atoms with Crippen LogP contribution in [-0.2, 0) is 4.79 Å². The molecular weight excluding hydrogens is 280 g/mol. The molecule has 1 nitrogen and oxygen atoms in total. The summed E-state index contributed by atoms with van der Waals surface area (Å²) in [5.41, 5.74) is 3.71. The highest BCUT2D eigenvalue weighted by atomic mass is 16.1. The molecule has 0 bridgehead atoms. The van der Waals surface area contributed by atoms with E-state index in [-0.39, 0.29) is 0 Å². The first kappa shape index (κ1) is 15.7. The molecule has 0 heterocycles. The molecule has 0 N–H and O–H groups in total. The van der Waals surface area contributed by atoms with E-state index in [0.29, 0.717) is 16.6 Å². The van der Waals surface area contributed by atoms with Gasteiger partial charge >= 0.3 is 0 Å². The van der Waals surface area contributed by atoms with Crippen molar-refractivity contribution in [1.29, 1.82) is 0 Å². The second-order valence-corrected chi connectivity index (χ2v) is 9.50. The lowest BCUT2D eigenvalue weighted by molar-refractivity contribution is -0.122. The summed E-state index contributed by atoms with van der Waals surface area (Å²) >= 11 is 0. The van der Waals surface area contributed by atoms with Gasteiger partial charge in [0.25, 0.3) is 0 Å². The van der Waals surface area contributed by atoms with Crippen LogP contribution in [0.3, 0.4) is 0 Å². The molecule has 6 atom stereocenters. The van der Waals surface area contributed by atoms with Crippen LogP contribution in [0.25, 0.3) is 0 Å². The van der Waals surface area contributed by atoms with Gasteiger partial charge in [-0.2, -0.15) is 0 Å². The first-order valence-corrected chi connectivity index (χ1v) is 9.73. The molecule has 0 aromatic heterocycles. The normalized spacial score (nSPS) is 49.0. The summed E-state index contributed by atoms with van der Waals surface area (Å²) in [4.78, 5) is 11.9. The average Bonchev–Trinajstić information content (AvgIpc) is 2.85. The van der Waals surface area contributed by atoms with Gasteiger partial charge in [-0.3, -0.25) is 4.79 Å². The minimum absolute atomic E-state index is 0.319. The number of hydrogen-bond donors (Lipinski definition) is 0. The SMILES string of the molecule is C=C(C)C1CCC2C3CC=C4CC(=O)CCC4(C)C3CCC12C. The molecular formula is C22H32O. The predicted octanol–water partition coefficient (Wildman–Crippen LogP) is 5.71. The molecule has 0 radical (unpaired) electrons.